The number of methoxy groups -OCH3 is 2. The van der Waals surface area contributed by atoms with Crippen molar-refractivity contribution in [2.24, 2.45) is 7.05 Å². The largest absolute Gasteiger partial charge is 0.493 e. The van der Waals surface area contributed by atoms with Crippen molar-refractivity contribution >= 4 is 11.8 Å². The maximum atomic E-state index is 12.3. The third-order valence-corrected chi connectivity index (χ3v) is 3.87. The highest BCUT2D eigenvalue weighted by molar-refractivity contribution is 5.98. The average Bonchev–Trinajstić information content (AvgIpc) is 2.95. The predicted molar refractivity (Wildman–Crippen MR) is 79.2 cm³/mol. The Morgan fingerprint density at radius 2 is 2.05 bits per heavy atom. The molecule has 22 heavy (non-hydrogen) atoms. The number of nitrogen functional groups attached to an aromatic ring is 1. The van der Waals surface area contributed by atoms with Crippen LogP contribution in [0.3, 0.4) is 0 Å². The van der Waals surface area contributed by atoms with Crippen molar-refractivity contribution in [1.82, 2.24) is 9.78 Å². The molecule has 0 fully saturated rings. The first-order valence-corrected chi connectivity index (χ1v) is 6.74. The van der Waals surface area contributed by atoms with E-state index in [9.17, 15) is 4.79 Å². The van der Waals surface area contributed by atoms with Crippen molar-refractivity contribution in [3.63, 3.8) is 0 Å². The molecular formula is C15H17N3O4. The number of benzene rings is 1. The molecule has 1 atom stereocenters. The maximum absolute atomic E-state index is 12.3. The van der Waals surface area contributed by atoms with Crippen LogP contribution in [-0.4, -0.2) is 30.0 Å². The summed E-state index contributed by atoms with van der Waals surface area (Å²) in [5.41, 5.74) is 8.55. The summed E-state index contributed by atoms with van der Waals surface area (Å²) in [6.45, 7) is 1.83. The third kappa shape index (κ3) is 1.82. The summed E-state index contributed by atoms with van der Waals surface area (Å²) in [4.78, 5) is 12.3. The van der Waals surface area contributed by atoms with Gasteiger partial charge in [-0.25, -0.2) is 4.79 Å². The second kappa shape index (κ2) is 4.94. The van der Waals surface area contributed by atoms with E-state index in [1.807, 2.05) is 6.92 Å². The number of nitrogens with two attached hydrogens (primary N) is 1. The Balaban J connectivity index is 2.21. The van der Waals surface area contributed by atoms with Gasteiger partial charge in [0.2, 0.25) is 0 Å². The van der Waals surface area contributed by atoms with Gasteiger partial charge in [0.05, 0.1) is 25.5 Å². The second-order valence-electron chi connectivity index (χ2n) is 5.06. The molecular weight excluding hydrogens is 286 g/mol. The Kier molecular flexibility index (Phi) is 3.20. The standard InChI is InChI=1S/C15H17N3O4/c1-7-10(14(16)18(2)17-7)12-8-5-6-9(20-3)13(21-4)11(8)15(19)22-12/h5-6,12H,16H2,1-4H3/t12-/m1/s1. The van der Waals surface area contributed by atoms with Crippen LogP contribution >= 0.6 is 0 Å². The van der Waals surface area contributed by atoms with Crippen molar-refractivity contribution < 1.29 is 19.0 Å². The number of ether oxygens (including phenoxy) is 3. The Morgan fingerprint density at radius 3 is 2.59 bits per heavy atom. The number of fused-ring (bicyclic) bond motifs is 1. The fourth-order valence-electron chi connectivity index (χ4n) is 2.83. The van der Waals surface area contributed by atoms with Gasteiger partial charge in [0, 0.05) is 12.6 Å². The number of esters is 1. The lowest BCUT2D eigenvalue weighted by Crippen LogP contribution is -2.06. The highest BCUT2D eigenvalue weighted by Crippen LogP contribution is 2.45. The van der Waals surface area contributed by atoms with Gasteiger partial charge in [0.15, 0.2) is 17.6 Å². The molecule has 0 aliphatic carbocycles. The summed E-state index contributed by atoms with van der Waals surface area (Å²) >= 11 is 0. The van der Waals surface area contributed by atoms with E-state index in [-0.39, 0.29) is 0 Å². The van der Waals surface area contributed by atoms with E-state index in [0.29, 0.717) is 34.0 Å². The van der Waals surface area contributed by atoms with E-state index >= 15 is 0 Å². The predicted octanol–water partition coefficient (Wildman–Crippen LogP) is 1.59. The van der Waals surface area contributed by atoms with Crippen LogP contribution in [0, 0.1) is 6.92 Å². The minimum absolute atomic E-state index is 0.368. The van der Waals surface area contributed by atoms with Crippen molar-refractivity contribution in [3.05, 3.63) is 34.5 Å². The smallest absolute Gasteiger partial charge is 0.343 e. The van der Waals surface area contributed by atoms with Crippen LogP contribution in [0.1, 0.15) is 33.3 Å². The molecule has 1 aromatic heterocycles. The Morgan fingerprint density at radius 1 is 1.32 bits per heavy atom. The summed E-state index contributed by atoms with van der Waals surface area (Å²) in [7, 11) is 4.76. The minimum atomic E-state index is -0.587. The number of anilines is 1. The molecule has 0 amide bonds. The van der Waals surface area contributed by atoms with Gasteiger partial charge in [-0.15, -0.1) is 0 Å². The summed E-state index contributed by atoms with van der Waals surface area (Å²) < 4.78 is 17.6. The molecule has 1 aliphatic heterocycles. The lowest BCUT2D eigenvalue weighted by atomic mass is 9.98. The number of aromatic nitrogens is 2. The van der Waals surface area contributed by atoms with Crippen LogP contribution in [0.5, 0.6) is 11.5 Å². The molecule has 7 nitrogen and oxygen atoms in total. The van der Waals surface area contributed by atoms with Gasteiger partial charge in [-0.2, -0.15) is 5.10 Å². The van der Waals surface area contributed by atoms with Crippen LogP contribution in [0.15, 0.2) is 12.1 Å². The van der Waals surface area contributed by atoms with Crippen LogP contribution in [0.25, 0.3) is 0 Å². The van der Waals surface area contributed by atoms with E-state index in [0.717, 1.165) is 5.69 Å². The fraction of sp³-hybridized carbons (Fsp3) is 0.333. The Labute approximate surface area is 127 Å². The number of nitrogens with zero attached hydrogens (tertiary/aromatic N) is 2. The molecule has 7 heteroatoms. The van der Waals surface area contributed by atoms with E-state index < -0.39 is 12.1 Å². The van der Waals surface area contributed by atoms with Crippen molar-refractivity contribution in [2.45, 2.75) is 13.0 Å². The molecule has 1 aromatic carbocycles. The van der Waals surface area contributed by atoms with Gasteiger partial charge >= 0.3 is 5.97 Å². The van der Waals surface area contributed by atoms with Crippen LogP contribution in [0.4, 0.5) is 5.82 Å². The summed E-state index contributed by atoms with van der Waals surface area (Å²) in [5.74, 6) is 0.860. The number of cyclic esters (lactones) is 1. The van der Waals surface area contributed by atoms with Gasteiger partial charge in [-0.05, 0) is 13.0 Å². The van der Waals surface area contributed by atoms with Gasteiger partial charge in [-0.1, -0.05) is 6.07 Å². The van der Waals surface area contributed by atoms with Gasteiger partial charge in [0.1, 0.15) is 11.4 Å². The Bertz CT molecular complexity index is 767. The van der Waals surface area contributed by atoms with Crippen LogP contribution in [-0.2, 0) is 11.8 Å². The van der Waals surface area contributed by atoms with Crippen LogP contribution < -0.4 is 15.2 Å². The first-order chi connectivity index (χ1) is 10.5. The summed E-state index contributed by atoms with van der Waals surface area (Å²) in [6, 6.07) is 3.53. The molecule has 1 aliphatic rings. The van der Waals surface area contributed by atoms with Gasteiger partial charge < -0.3 is 19.9 Å². The molecule has 116 valence electrons. The van der Waals surface area contributed by atoms with Crippen LogP contribution in [0.2, 0.25) is 0 Å². The lowest BCUT2D eigenvalue weighted by molar-refractivity contribution is 0.0454. The number of aryl methyl sites for hydroxylation is 2. The first kappa shape index (κ1) is 14.2. The summed E-state index contributed by atoms with van der Waals surface area (Å²) in [6.07, 6.45) is -0.587. The highest BCUT2D eigenvalue weighted by atomic mass is 16.6. The van der Waals surface area contributed by atoms with Crippen molar-refractivity contribution in [3.8, 4) is 11.5 Å². The third-order valence-electron chi connectivity index (χ3n) is 3.87. The number of carbonyl (C=O) groups excluding carboxylic acids is 1. The minimum Gasteiger partial charge on any atom is -0.493 e. The van der Waals surface area contributed by atoms with Crippen molar-refractivity contribution in [2.75, 3.05) is 20.0 Å². The molecule has 2 aromatic rings. The normalized spacial score (nSPS) is 16.4. The van der Waals surface area contributed by atoms with Gasteiger partial charge in [-0.3, -0.25) is 4.68 Å². The van der Waals surface area contributed by atoms with E-state index in [1.165, 1.54) is 14.2 Å². The zero-order valence-electron chi connectivity index (χ0n) is 12.8. The Hall–Kier alpha value is -2.70. The number of rotatable bonds is 3. The molecule has 2 N–H and O–H groups in total. The lowest BCUT2D eigenvalue weighted by Gasteiger charge is -2.13. The molecule has 0 spiro atoms. The van der Waals surface area contributed by atoms with E-state index in [1.54, 1.807) is 23.9 Å². The zero-order chi connectivity index (χ0) is 16.0. The zero-order valence-corrected chi connectivity index (χ0v) is 12.8. The molecule has 3 rings (SSSR count). The summed E-state index contributed by atoms with van der Waals surface area (Å²) in [5, 5.41) is 4.27. The quantitative estimate of drug-likeness (QED) is 0.866. The molecule has 2 heterocycles. The number of hydrogen-bond acceptors (Lipinski definition) is 6. The van der Waals surface area contributed by atoms with Gasteiger partial charge in [0.25, 0.3) is 0 Å². The highest BCUT2D eigenvalue weighted by Gasteiger charge is 2.39. The molecule has 0 radical (unpaired) electrons. The molecule has 0 bridgehead atoms. The molecule has 0 saturated carbocycles. The molecule has 0 unspecified atom stereocenters. The van der Waals surface area contributed by atoms with E-state index in [4.69, 9.17) is 19.9 Å². The monoisotopic (exact) mass is 303 g/mol. The molecule has 0 saturated heterocycles. The van der Waals surface area contributed by atoms with Crippen molar-refractivity contribution in [1.29, 1.82) is 0 Å². The average molecular weight is 303 g/mol. The number of hydrogen-bond donors (Lipinski definition) is 1. The topological polar surface area (TPSA) is 88.6 Å². The SMILES string of the molecule is COc1ccc2c(c1OC)C(=O)O[C@H]2c1c(C)nn(C)c1N. The maximum Gasteiger partial charge on any atom is 0.343 e. The van der Waals surface area contributed by atoms with E-state index in [2.05, 4.69) is 5.10 Å². The first-order valence-electron chi connectivity index (χ1n) is 6.74. The fourth-order valence-corrected chi connectivity index (χ4v) is 2.83. The second-order valence-corrected chi connectivity index (χ2v) is 5.06. The number of carbonyl (C=O) groups is 1.